The maximum absolute atomic E-state index is 5.50. The first kappa shape index (κ1) is 12.3. The van der Waals surface area contributed by atoms with E-state index in [0.717, 1.165) is 27.8 Å². The Kier molecular flexibility index (Phi) is 3.35. The van der Waals surface area contributed by atoms with Crippen LogP contribution in [0.25, 0.3) is 10.9 Å². The average Bonchev–Trinajstić information content (AvgIpc) is 2.34. The molecular weight excluding hydrogens is 278 g/mol. The highest BCUT2D eigenvalue weighted by atomic mass is 79.9. The molecule has 0 unspecified atom stereocenters. The topological polar surface area (TPSA) is 50.9 Å². The van der Waals surface area contributed by atoms with Crippen molar-refractivity contribution in [3.05, 3.63) is 33.3 Å². The van der Waals surface area contributed by atoms with Gasteiger partial charge >= 0.3 is 0 Å². The highest BCUT2D eigenvalue weighted by Crippen LogP contribution is 2.30. The maximum atomic E-state index is 5.50. The predicted molar refractivity (Wildman–Crippen MR) is 76.1 cm³/mol. The van der Waals surface area contributed by atoms with Crippen molar-refractivity contribution in [3.63, 3.8) is 0 Å². The van der Waals surface area contributed by atoms with Crippen molar-refractivity contribution in [1.82, 2.24) is 4.98 Å². The Balaban J connectivity index is 2.83. The molecule has 90 valence electrons. The molecule has 0 fully saturated rings. The van der Waals surface area contributed by atoms with Crippen LogP contribution in [0.2, 0.25) is 0 Å². The number of nitrogens with two attached hydrogens (primary N) is 1. The van der Waals surface area contributed by atoms with Crippen molar-refractivity contribution in [2.75, 3.05) is 5.43 Å². The lowest BCUT2D eigenvalue weighted by Crippen LogP contribution is -2.11. The number of hydrogen-bond acceptors (Lipinski definition) is 3. The van der Waals surface area contributed by atoms with Gasteiger partial charge in [-0.3, -0.25) is 0 Å². The van der Waals surface area contributed by atoms with Crippen LogP contribution in [-0.4, -0.2) is 4.98 Å². The average molecular weight is 294 g/mol. The summed E-state index contributed by atoms with van der Waals surface area (Å²) in [5, 5.41) is 1.18. The number of hydrazine groups is 1. The summed E-state index contributed by atoms with van der Waals surface area (Å²) in [5.41, 5.74) is 7.20. The monoisotopic (exact) mass is 293 g/mol. The van der Waals surface area contributed by atoms with Crippen molar-refractivity contribution < 1.29 is 0 Å². The van der Waals surface area contributed by atoms with E-state index in [4.69, 9.17) is 5.84 Å². The molecule has 1 aromatic carbocycles. The zero-order chi connectivity index (χ0) is 12.6. The summed E-state index contributed by atoms with van der Waals surface area (Å²) in [6, 6.07) is 4.24. The molecule has 3 nitrogen and oxygen atoms in total. The van der Waals surface area contributed by atoms with Gasteiger partial charge in [-0.1, -0.05) is 22.9 Å². The molecule has 0 saturated heterocycles. The first-order valence-electron chi connectivity index (χ1n) is 5.64. The van der Waals surface area contributed by atoms with Crippen LogP contribution < -0.4 is 11.3 Å². The summed E-state index contributed by atoms with van der Waals surface area (Å²) in [7, 11) is 0. The van der Waals surface area contributed by atoms with Gasteiger partial charge in [-0.15, -0.1) is 0 Å². The molecule has 0 bridgehead atoms. The molecule has 1 heterocycles. The van der Waals surface area contributed by atoms with Gasteiger partial charge in [0, 0.05) is 9.86 Å². The molecule has 3 N–H and O–H groups in total. The SMILES string of the molecule is CCc1cc2c(C)c(Br)c(C)cc2nc1NN. The third-order valence-electron chi connectivity index (χ3n) is 3.08. The van der Waals surface area contributed by atoms with Crippen LogP contribution in [0.1, 0.15) is 23.6 Å². The molecule has 17 heavy (non-hydrogen) atoms. The lowest BCUT2D eigenvalue weighted by molar-refractivity contribution is 1.10. The fraction of sp³-hybridized carbons (Fsp3) is 0.308. The Morgan fingerprint density at radius 2 is 2.06 bits per heavy atom. The molecule has 4 heteroatoms. The number of rotatable bonds is 2. The third-order valence-corrected chi connectivity index (χ3v) is 4.30. The molecule has 0 amide bonds. The number of hydrogen-bond donors (Lipinski definition) is 2. The number of aromatic nitrogens is 1. The van der Waals surface area contributed by atoms with E-state index >= 15 is 0 Å². The van der Waals surface area contributed by atoms with Gasteiger partial charge in [0.1, 0.15) is 5.82 Å². The van der Waals surface area contributed by atoms with Crippen LogP contribution in [0.15, 0.2) is 16.6 Å². The second-order valence-electron chi connectivity index (χ2n) is 4.19. The molecule has 0 aliphatic rings. The van der Waals surface area contributed by atoms with E-state index in [9.17, 15) is 0 Å². The minimum absolute atomic E-state index is 0.765. The zero-order valence-electron chi connectivity index (χ0n) is 10.3. The van der Waals surface area contributed by atoms with Crippen LogP contribution in [0.3, 0.4) is 0 Å². The Morgan fingerprint density at radius 1 is 1.35 bits per heavy atom. The van der Waals surface area contributed by atoms with Gasteiger partial charge in [-0.05, 0) is 49.1 Å². The van der Waals surface area contributed by atoms with E-state index in [-0.39, 0.29) is 0 Å². The molecule has 0 atom stereocenters. The van der Waals surface area contributed by atoms with Crippen LogP contribution in [0.5, 0.6) is 0 Å². The summed E-state index contributed by atoms with van der Waals surface area (Å²) in [4.78, 5) is 4.57. The number of halogens is 1. The Hall–Kier alpha value is -1.13. The van der Waals surface area contributed by atoms with Gasteiger partial charge in [0.25, 0.3) is 0 Å². The van der Waals surface area contributed by atoms with Crippen molar-refractivity contribution in [2.45, 2.75) is 27.2 Å². The van der Waals surface area contributed by atoms with Gasteiger partial charge < -0.3 is 5.43 Å². The number of aryl methyl sites for hydroxylation is 3. The molecular formula is C13H16BrN3. The van der Waals surface area contributed by atoms with Crippen LogP contribution in [-0.2, 0) is 6.42 Å². The minimum atomic E-state index is 0.765. The number of nitrogens with one attached hydrogen (secondary N) is 1. The highest BCUT2D eigenvalue weighted by Gasteiger charge is 2.10. The third kappa shape index (κ3) is 2.03. The van der Waals surface area contributed by atoms with Crippen molar-refractivity contribution in [1.29, 1.82) is 0 Å². The molecule has 2 aromatic rings. The summed E-state index contributed by atoms with van der Waals surface area (Å²) in [6.07, 6.45) is 0.910. The predicted octanol–water partition coefficient (Wildman–Crippen LogP) is 3.46. The van der Waals surface area contributed by atoms with Crippen LogP contribution in [0, 0.1) is 13.8 Å². The van der Waals surface area contributed by atoms with E-state index < -0.39 is 0 Å². The van der Waals surface area contributed by atoms with Gasteiger partial charge in [-0.25, -0.2) is 10.8 Å². The normalized spacial score (nSPS) is 10.9. The first-order valence-corrected chi connectivity index (χ1v) is 6.43. The number of benzene rings is 1. The largest absolute Gasteiger partial charge is 0.308 e. The minimum Gasteiger partial charge on any atom is -0.308 e. The molecule has 1 aromatic heterocycles. The van der Waals surface area contributed by atoms with Crippen LogP contribution >= 0.6 is 15.9 Å². The zero-order valence-corrected chi connectivity index (χ0v) is 11.9. The van der Waals surface area contributed by atoms with Gasteiger partial charge in [0.2, 0.25) is 0 Å². The van der Waals surface area contributed by atoms with E-state index in [1.807, 2.05) is 0 Å². The lowest BCUT2D eigenvalue weighted by Gasteiger charge is -2.12. The van der Waals surface area contributed by atoms with Crippen molar-refractivity contribution in [3.8, 4) is 0 Å². The smallest absolute Gasteiger partial charge is 0.143 e. The Morgan fingerprint density at radius 3 is 2.65 bits per heavy atom. The molecule has 0 aliphatic heterocycles. The highest BCUT2D eigenvalue weighted by molar-refractivity contribution is 9.10. The maximum Gasteiger partial charge on any atom is 0.143 e. The first-order chi connectivity index (χ1) is 8.08. The fourth-order valence-corrected chi connectivity index (χ4v) is 2.38. The van der Waals surface area contributed by atoms with E-state index in [1.54, 1.807) is 0 Å². The summed E-state index contributed by atoms with van der Waals surface area (Å²) >= 11 is 3.61. The number of nitrogen functional groups attached to an aromatic ring is 1. The second-order valence-corrected chi connectivity index (χ2v) is 4.99. The summed E-state index contributed by atoms with van der Waals surface area (Å²) in [6.45, 7) is 6.28. The van der Waals surface area contributed by atoms with E-state index in [1.165, 1.54) is 16.5 Å². The van der Waals surface area contributed by atoms with E-state index in [2.05, 4.69) is 59.2 Å². The fourth-order valence-electron chi connectivity index (χ4n) is 2.06. The molecule has 0 radical (unpaired) electrons. The van der Waals surface area contributed by atoms with Gasteiger partial charge in [0.15, 0.2) is 0 Å². The number of pyridine rings is 1. The molecule has 0 spiro atoms. The number of nitrogens with zero attached hydrogens (tertiary/aromatic N) is 1. The number of anilines is 1. The molecule has 0 aliphatic carbocycles. The lowest BCUT2D eigenvalue weighted by atomic mass is 10.0. The Labute approximate surface area is 110 Å². The standard InChI is InChI=1S/C13H16BrN3/c1-4-9-6-10-8(3)12(14)7(2)5-11(10)16-13(9)17-15/h5-6H,4,15H2,1-3H3,(H,16,17). The van der Waals surface area contributed by atoms with Crippen molar-refractivity contribution in [2.24, 2.45) is 5.84 Å². The Bertz CT molecular complexity index is 579. The molecule has 2 rings (SSSR count). The quantitative estimate of drug-likeness (QED) is 0.658. The van der Waals surface area contributed by atoms with E-state index in [0.29, 0.717) is 0 Å². The summed E-state index contributed by atoms with van der Waals surface area (Å²) < 4.78 is 1.15. The van der Waals surface area contributed by atoms with Crippen LogP contribution in [0.4, 0.5) is 5.82 Å². The van der Waals surface area contributed by atoms with Gasteiger partial charge in [0.05, 0.1) is 5.52 Å². The number of fused-ring (bicyclic) bond motifs is 1. The summed E-state index contributed by atoms with van der Waals surface area (Å²) in [5.74, 6) is 6.27. The van der Waals surface area contributed by atoms with Gasteiger partial charge in [-0.2, -0.15) is 0 Å². The molecule has 0 saturated carbocycles. The second kappa shape index (κ2) is 4.63. The van der Waals surface area contributed by atoms with Crippen molar-refractivity contribution >= 4 is 32.7 Å².